The van der Waals surface area contributed by atoms with E-state index in [9.17, 15) is 10.2 Å². The Morgan fingerprint density at radius 3 is 2.74 bits per heavy atom. The summed E-state index contributed by atoms with van der Waals surface area (Å²) >= 11 is 0. The van der Waals surface area contributed by atoms with Crippen molar-refractivity contribution in [2.24, 2.45) is 0 Å². The number of allylic oxidation sites excluding steroid dienone is 1. The van der Waals surface area contributed by atoms with Crippen molar-refractivity contribution >= 4 is 0 Å². The van der Waals surface area contributed by atoms with E-state index in [0.29, 0.717) is 6.61 Å². The van der Waals surface area contributed by atoms with Crippen molar-refractivity contribution in [3.8, 4) is 0 Å². The Hall–Kier alpha value is -0.460. The summed E-state index contributed by atoms with van der Waals surface area (Å²) in [6, 6.07) is 0. The van der Waals surface area contributed by atoms with Crippen LogP contribution in [0.3, 0.4) is 0 Å². The maximum absolute atomic E-state index is 9.72. The summed E-state index contributed by atoms with van der Waals surface area (Å²) < 4.78 is 10.8. The van der Waals surface area contributed by atoms with Gasteiger partial charge in [0.15, 0.2) is 0 Å². The summed E-state index contributed by atoms with van der Waals surface area (Å²) in [5.41, 5.74) is 0. The first kappa shape index (κ1) is 16.6. The number of ether oxygens (including phenoxy) is 2. The first-order valence-electron chi connectivity index (χ1n) is 7.01. The fourth-order valence-electron chi connectivity index (χ4n) is 2.22. The molecule has 0 aromatic rings. The Morgan fingerprint density at radius 1 is 1.32 bits per heavy atom. The Balaban J connectivity index is 2.17. The minimum atomic E-state index is -1.00. The van der Waals surface area contributed by atoms with Gasteiger partial charge in [0.05, 0.1) is 13.2 Å². The second kappa shape index (κ2) is 9.44. The summed E-state index contributed by atoms with van der Waals surface area (Å²) in [4.78, 5) is 0. The quantitative estimate of drug-likeness (QED) is 0.402. The summed E-state index contributed by atoms with van der Waals surface area (Å²) in [6.45, 7) is 3.97. The van der Waals surface area contributed by atoms with Crippen LogP contribution in [0.25, 0.3) is 0 Å². The number of unbranched alkanes of at least 4 members (excludes halogenated alkanes) is 4. The van der Waals surface area contributed by atoms with Gasteiger partial charge in [0, 0.05) is 6.61 Å². The van der Waals surface area contributed by atoms with Crippen molar-refractivity contribution in [3.63, 3.8) is 0 Å². The largest absolute Gasteiger partial charge is 0.394 e. The number of aliphatic hydroxyl groups is 3. The van der Waals surface area contributed by atoms with Crippen LogP contribution >= 0.6 is 0 Å². The van der Waals surface area contributed by atoms with Crippen molar-refractivity contribution in [2.75, 3.05) is 19.8 Å². The van der Waals surface area contributed by atoms with Gasteiger partial charge in [-0.1, -0.05) is 18.9 Å². The lowest BCUT2D eigenvalue weighted by Gasteiger charge is -2.23. The highest BCUT2D eigenvalue weighted by atomic mass is 16.6. The van der Waals surface area contributed by atoms with Crippen molar-refractivity contribution in [1.29, 1.82) is 0 Å². The van der Waals surface area contributed by atoms with E-state index in [4.69, 9.17) is 14.6 Å². The van der Waals surface area contributed by atoms with E-state index in [2.05, 4.69) is 6.58 Å². The van der Waals surface area contributed by atoms with E-state index in [1.54, 1.807) is 0 Å². The van der Waals surface area contributed by atoms with Crippen LogP contribution in [0.1, 0.15) is 32.1 Å². The molecule has 1 fully saturated rings. The molecule has 0 aliphatic carbocycles. The molecular formula is C14H26O5. The zero-order chi connectivity index (χ0) is 14.1. The van der Waals surface area contributed by atoms with Crippen LogP contribution < -0.4 is 0 Å². The van der Waals surface area contributed by atoms with Crippen molar-refractivity contribution < 1.29 is 24.8 Å². The first-order chi connectivity index (χ1) is 9.20. The van der Waals surface area contributed by atoms with E-state index in [1.807, 2.05) is 6.08 Å². The maximum Gasteiger partial charge on any atom is 0.114 e. The fourth-order valence-corrected chi connectivity index (χ4v) is 2.22. The average Bonchev–Trinajstić information content (AvgIpc) is 2.78. The van der Waals surface area contributed by atoms with Crippen LogP contribution in [0.5, 0.6) is 0 Å². The Kier molecular flexibility index (Phi) is 8.25. The Morgan fingerprint density at radius 2 is 2.05 bits per heavy atom. The third-order valence-electron chi connectivity index (χ3n) is 3.34. The molecule has 4 atom stereocenters. The fraction of sp³-hybridized carbons (Fsp3) is 0.857. The molecule has 112 valence electrons. The zero-order valence-electron chi connectivity index (χ0n) is 11.4. The van der Waals surface area contributed by atoms with E-state index >= 15 is 0 Å². The number of rotatable bonds is 10. The van der Waals surface area contributed by atoms with Gasteiger partial charge in [0.1, 0.15) is 24.4 Å². The molecule has 0 aromatic carbocycles. The molecule has 1 aliphatic heterocycles. The molecule has 0 amide bonds. The van der Waals surface area contributed by atoms with Gasteiger partial charge in [-0.05, 0) is 19.3 Å². The Bertz CT molecular complexity index is 246. The molecule has 0 spiro atoms. The summed E-state index contributed by atoms with van der Waals surface area (Å²) in [5, 5.41) is 28.2. The molecule has 0 saturated carbocycles. The highest BCUT2D eigenvalue weighted by Gasteiger charge is 2.40. The number of hydrogen-bond acceptors (Lipinski definition) is 5. The van der Waals surface area contributed by atoms with Gasteiger partial charge in [-0.3, -0.25) is 0 Å². The van der Waals surface area contributed by atoms with E-state index in [0.717, 1.165) is 32.1 Å². The molecule has 1 rings (SSSR count). The van der Waals surface area contributed by atoms with Gasteiger partial charge in [-0.25, -0.2) is 0 Å². The van der Waals surface area contributed by atoms with Crippen molar-refractivity contribution in [3.05, 3.63) is 12.7 Å². The summed E-state index contributed by atoms with van der Waals surface area (Å²) in [7, 11) is 0. The van der Waals surface area contributed by atoms with Gasteiger partial charge in [0.25, 0.3) is 0 Å². The lowest BCUT2D eigenvalue weighted by Crippen LogP contribution is -2.42. The molecule has 0 unspecified atom stereocenters. The minimum absolute atomic E-state index is 0.145. The van der Waals surface area contributed by atoms with E-state index in [-0.39, 0.29) is 6.61 Å². The maximum atomic E-state index is 9.72. The summed E-state index contributed by atoms with van der Waals surface area (Å²) in [6.07, 6.45) is 4.32. The summed E-state index contributed by atoms with van der Waals surface area (Å²) in [5.74, 6) is 0. The van der Waals surface area contributed by atoms with Gasteiger partial charge in [-0.15, -0.1) is 6.58 Å². The highest BCUT2D eigenvalue weighted by Crippen LogP contribution is 2.21. The normalized spacial score (nSPS) is 28.5. The third-order valence-corrected chi connectivity index (χ3v) is 3.34. The molecule has 0 aromatic heterocycles. The van der Waals surface area contributed by atoms with Crippen molar-refractivity contribution in [2.45, 2.75) is 56.5 Å². The molecule has 1 heterocycles. The molecular weight excluding hydrogens is 248 g/mol. The smallest absolute Gasteiger partial charge is 0.114 e. The predicted molar refractivity (Wildman–Crippen MR) is 71.9 cm³/mol. The molecule has 5 nitrogen and oxygen atoms in total. The second-order valence-corrected chi connectivity index (χ2v) is 4.94. The SMILES string of the molecule is C=CCCCCCCO[C@H]1[C@@H]([C@@H](O)CO)OC[C@H]1O. The van der Waals surface area contributed by atoms with Gasteiger partial charge in [-0.2, -0.15) is 0 Å². The van der Waals surface area contributed by atoms with Crippen LogP contribution in [0.15, 0.2) is 12.7 Å². The molecule has 0 bridgehead atoms. The number of hydrogen-bond donors (Lipinski definition) is 3. The van der Waals surface area contributed by atoms with Crippen LogP contribution in [0, 0.1) is 0 Å². The van der Waals surface area contributed by atoms with Crippen LogP contribution in [0.4, 0.5) is 0 Å². The highest BCUT2D eigenvalue weighted by molar-refractivity contribution is 4.89. The molecule has 3 N–H and O–H groups in total. The van der Waals surface area contributed by atoms with Gasteiger partial charge < -0.3 is 24.8 Å². The molecule has 1 saturated heterocycles. The van der Waals surface area contributed by atoms with Gasteiger partial charge in [0.2, 0.25) is 0 Å². The lowest BCUT2D eigenvalue weighted by atomic mass is 10.1. The topological polar surface area (TPSA) is 79.2 Å². The number of aliphatic hydroxyl groups excluding tert-OH is 3. The van der Waals surface area contributed by atoms with E-state index in [1.165, 1.54) is 0 Å². The lowest BCUT2D eigenvalue weighted by molar-refractivity contribution is -0.0938. The first-order valence-corrected chi connectivity index (χ1v) is 7.01. The van der Waals surface area contributed by atoms with E-state index < -0.39 is 31.0 Å². The van der Waals surface area contributed by atoms with Gasteiger partial charge >= 0.3 is 0 Å². The molecule has 0 radical (unpaired) electrons. The minimum Gasteiger partial charge on any atom is -0.394 e. The third kappa shape index (κ3) is 5.58. The Labute approximate surface area is 114 Å². The van der Waals surface area contributed by atoms with Crippen LogP contribution in [-0.4, -0.2) is 59.6 Å². The molecule has 5 heteroatoms. The van der Waals surface area contributed by atoms with Crippen LogP contribution in [0.2, 0.25) is 0 Å². The standard InChI is InChI=1S/C14H26O5/c1-2-3-4-5-6-7-8-18-14-12(17)10-19-13(14)11(16)9-15/h2,11-17H,1,3-10H2/t11-,12+,13+,14+/m0/s1. The average molecular weight is 274 g/mol. The monoisotopic (exact) mass is 274 g/mol. The van der Waals surface area contributed by atoms with Crippen LogP contribution in [-0.2, 0) is 9.47 Å². The zero-order valence-corrected chi connectivity index (χ0v) is 11.4. The van der Waals surface area contributed by atoms with Crippen molar-refractivity contribution in [1.82, 2.24) is 0 Å². The predicted octanol–water partition coefficient (Wildman–Crippen LogP) is 0.621. The molecule has 19 heavy (non-hydrogen) atoms. The molecule has 1 aliphatic rings. The second-order valence-electron chi connectivity index (χ2n) is 4.94.